The number of aromatic nitrogens is 2. The first kappa shape index (κ1) is 31.4. The van der Waals surface area contributed by atoms with Gasteiger partial charge in [-0.2, -0.15) is 0 Å². The second-order valence-electron chi connectivity index (χ2n) is 10.3. The van der Waals surface area contributed by atoms with E-state index in [9.17, 15) is 19.5 Å². The molecule has 0 spiro atoms. The molecule has 3 aromatic carbocycles. The zero-order chi connectivity index (χ0) is 31.7. The number of aryl methyl sites for hydroxylation is 1. The van der Waals surface area contributed by atoms with Crippen molar-refractivity contribution in [1.29, 1.82) is 0 Å². The van der Waals surface area contributed by atoms with Gasteiger partial charge >= 0.3 is 5.69 Å². The maximum atomic E-state index is 15.4. The van der Waals surface area contributed by atoms with Crippen molar-refractivity contribution in [2.75, 3.05) is 25.6 Å². The molecule has 13 heteroatoms. The highest BCUT2D eigenvalue weighted by Gasteiger charge is 2.27. The molecular formula is C31H29Cl2FN4O6. The third-order valence-corrected chi connectivity index (χ3v) is 8.32. The van der Waals surface area contributed by atoms with Crippen LogP contribution in [0, 0.1) is 5.82 Å². The first-order valence-corrected chi connectivity index (χ1v) is 14.3. The van der Waals surface area contributed by atoms with E-state index in [4.69, 9.17) is 32.7 Å². The van der Waals surface area contributed by atoms with E-state index in [1.54, 1.807) is 42.5 Å². The fourth-order valence-electron chi connectivity index (χ4n) is 5.04. The minimum Gasteiger partial charge on any atom is -0.496 e. The number of nitrogens with zero attached hydrogens (tertiary/aromatic N) is 2. The molecule has 3 N–H and O–H groups in total. The zero-order valence-electron chi connectivity index (χ0n) is 24.0. The van der Waals surface area contributed by atoms with Crippen molar-refractivity contribution >= 4 is 34.8 Å². The average molecular weight is 643 g/mol. The van der Waals surface area contributed by atoms with Gasteiger partial charge in [-0.25, -0.2) is 9.18 Å². The molecule has 1 aliphatic rings. The maximum Gasteiger partial charge on any atom is 0.330 e. The van der Waals surface area contributed by atoms with Gasteiger partial charge < -0.3 is 29.8 Å². The van der Waals surface area contributed by atoms with Crippen molar-refractivity contribution in [1.82, 2.24) is 14.5 Å². The molecule has 2 atom stereocenters. The van der Waals surface area contributed by atoms with E-state index in [1.807, 2.05) is 0 Å². The van der Waals surface area contributed by atoms with Crippen molar-refractivity contribution in [3.05, 3.63) is 103 Å². The van der Waals surface area contributed by atoms with E-state index in [2.05, 4.69) is 10.6 Å². The summed E-state index contributed by atoms with van der Waals surface area (Å²) in [5.74, 6) is -0.962. The topological polar surface area (TPSA) is 124 Å². The van der Waals surface area contributed by atoms with Crippen LogP contribution in [0.1, 0.15) is 15.9 Å². The van der Waals surface area contributed by atoms with Crippen LogP contribution in [0.3, 0.4) is 0 Å². The summed E-state index contributed by atoms with van der Waals surface area (Å²) in [5.41, 5.74) is 0.936. The van der Waals surface area contributed by atoms with Gasteiger partial charge in [0.25, 0.3) is 11.5 Å². The lowest BCUT2D eigenvalue weighted by atomic mass is 9.97. The molecule has 1 saturated heterocycles. The molecule has 1 fully saturated rings. The number of nitrogens with one attached hydrogen (secondary N) is 2. The smallest absolute Gasteiger partial charge is 0.330 e. The fraction of sp³-hybridized carbons (Fsp3) is 0.258. The van der Waals surface area contributed by atoms with Crippen LogP contribution in [0.15, 0.2) is 64.3 Å². The van der Waals surface area contributed by atoms with E-state index in [-0.39, 0.29) is 40.5 Å². The largest absolute Gasteiger partial charge is 0.496 e. The Bertz CT molecular complexity index is 1880. The average Bonchev–Trinajstić information content (AvgIpc) is 3.42. The van der Waals surface area contributed by atoms with Gasteiger partial charge in [0, 0.05) is 49.1 Å². The number of carbonyl (C=O) groups is 1. The lowest BCUT2D eigenvalue weighted by Crippen LogP contribution is -2.40. The zero-order valence-corrected chi connectivity index (χ0v) is 25.5. The van der Waals surface area contributed by atoms with Crippen molar-refractivity contribution in [2.24, 2.45) is 14.1 Å². The Balaban J connectivity index is 1.46. The quantitative estimate of drug-likeness (QED) is 0.266. The Labute approximate surface area is 261 Å². The predicted molar refractivity (Wildman–Crippen MR) is 166 cm³/mol. The van der Waals surface area contributed by atoms with Crippen LogP contribution < -0.4 is 26.6 Å². The maximum absolute atomic E-state index is 15.4. The molecule has 0 radical (unpaired) electrons. The number of benzene rings is 3. The van der Waals surface area contributed by atoms with E-state index < -0.39 is 29.1 Å². The highest BCUT2D eigenvalue weighted by molar-refractivity contribution is 6.39. The molecular weight excluding hydrogens is 614 g/mol. The van der Waals surface area contributed by atoms with Crippen LogP contribution in [0.2, 0.25) is 10.0 Å². The summed E-state index contributed by atoms with van der Waals surface area (Å²) in [7, 11) is 4.16. The molecule has 0 aliphatic carbocycles. The number of amides is 1. The number of anilines is 1. The number of carbonyl (C=O) groups excluding carboxylic acids is 1. The molecule has 44 heavy (non-hydrogen) atoms. The van der Waals surface area contributed by atoms with Crippen LogP contribution in [0.4, 0.5) is 10.1 Å². The van der Waals surface area contributed by atoms with Crippen LogP contribution in [0.5, 0.6) is 5.75 Å². The molecule has 230 valence electrons. The minimum absolute atomic E-state index is 0.119. The van der Waals surface area contributed by atoms with Gasteiger partial charge in [-0.3, -0.25) is 14.2 Å². The van der Waals surface area contributed by atoms with E-state index >= 15 is 4.39 Å². The summed E-state index contributed by atoms with van der Waals surface area (Å²) in [6, 6.07) is 12.9. The fourth-order valence-corrected chi connectivity index (χ4v) is 5.66. The van der Waals surface area contributed by atoms with E-state index in [0.717, 1.165) is 9.13 Å². The van der Waals surface area contributed by atoms with Gasteiger partial charge in [-0.15, -0.1) is 0 Å². The number of halogens is 3. The second-order valence-corrected chi connectivity index (χ2v) is 11.1. The van der Waals surface area contributed by atoms with Crippen molar-refractivity contribution in [3.8, 4) is 28.0 Å². The van der Waals surface area contributed by atoms with Gasteiger partial charge in [-0.05, 0) is 23.8 Å². The molecule has 2 heterocycles. The Morgan fingerprint density at radius 2 is 1.75 bits per heavy atom. The normalized spacial score (nSPS) is 16.2. The molecule has 4 aromatic rings. The summed E-state index contributed by atoms with van der Waals surface area (Å²) in [6.07, 6.45) is 0.490. The highest BCUT2D eigenvalue weighted by atomic mass is 35.5. The Morgan fingerprint density at radius 1 is 1.07 bits per heavy atom. The van der Waals surface area contributed by atoms with Crippen molar-refractivity contribution in [2.45, 2.75) is 18.7 Å². The standard InChI is InChI=1S/C31H29Cl2FN4O6/c1-37-13-21(30(41)38(2)31(37)42)29(40)36-23-9-5-8-19(28(23)33)18-7-4-6-17(27(18)32)16-10-22(34)20(26(11-16)43-3)12-35-24-14-44-15-25(24)39/h4-11,13,24-25,35,39H,12,14-15H2,1-3H3,(H,36,40)/t24-,25-/m0/s1. The molecule has 1 amide bonds. The lowest BCUT2D eigenvalue weighted by Gasteiger charge is -2.18. The summed E-state index contributed by atoms with van der Waals surface area (Å²) < 4.78 is 28.2. The molecule has 0 unspecified atom stereocenters. The van der Waals surface area contributed by atoms with Gasteiger partial charge in [0.2, 0.25) is 0 Å². The number of aliphatic hydroxyl groups is 1. The number of ether oxygens (including phenoxy) is 2. The Kier molecular flexibility index (Phi) is 9.23. The number of rotatable bonds is 8. The van der Waals surface area contributed by atoms with Gasteiger partial charge in [0.1, 0.15) is 17.1 Å². The monoisotopic (exact) mass is 642 g/mol. The van der Waals surface area contributed by atoms with Crippen LogP contribution >= 0.6 is 23.2 Å². The second kappa shape index (κ2) is 12.9. The molecule has 10 nitrogen and oxygen atoms in total. The van der Waals surface area contributed by atoms with Crippen molar-refractivity contribution in [3.63, 3.8) is 0 Å². The first-order chi connectivity index (χ1) is 21.0. The van der Waals surface area contributed by atoms with Gasteiger partial charge in [0.05, 0.1) is 48.2 Å². The highest BCUT2D eigenvalue weighted by Crippen LogP contribution is 2.42. The van der Waals surface area contributed by atoms with Gasteiger partial charge in [-0.1, -0.05) is 53.5 Å². The number of aliphatic hydroxyl groups excluding tert-OH is 1. The third-order valence-electron chi connectivity index (χ3n) is 7.50. The SMILES string of the molecule is COc1cc(-c2cccc(-c3cccc(NC(=O)c4cn(C)c(=O)n(C)c4=O)c3Cl)c2Cl)cc(F)c1CN[C@H]1COC[C@@H]1O. The van der Waals surface area contributed by atoms with E-state index in [1.165, 1.54) is 33.5 Å². The summed E-state index contributed by atoms with van der Waals surface area (Å²) in [5, 5.41) is 16.2. The lowest BCUT2D eigenvalue weighted by molar-refractivity contribution is 0.102. The number of hydrogen-bond donors (Lipinski definition) is 3. The molecule has 5 rings (SSSR count). The van der Waals surface area contributed by atoms with Gasteiger partial charge in [0.15, 0.2) is 0 Å². The third kappa shape index (κ3) is 6.01. The summed E-state index contributed by atoms with van der Waals surface area (Å²) >= 11 is 13.6. The Morgan fingerprint density at radius 3 is 2.43 bits per heavy atom. The molecule has 1 aromatic heterocycles. The summed E-state index contributed by atoms with van der Waals surface area (Å²) in [4.78, 5) is 37.6. The first-order valence-electron chi connectivity index (χ1n) is 13.5. The number of methoxy groups -OCH3 is 1. The van der Waals surface area contributed by atoms with Crippen molar-refractivity contribution < 1.29 is 23.8 Å². The summed E-state index contributed by atoms with van der Waals surface area (Å²) in [6.45, 7) is 0.665. The number of hydrogen-bond acceptors (Lipinski definition) is 7. The van der Waals surface area contributed by atoms with Crippen LogP contribution in [-0.2, 0) is 25.4 Å². The van der Waals surface area contributed by atoms with Crippen LogP contribution in [-0.4, -0.2) is 52.6 Å². The predicted octanol–water partition coefficient (Wildman–Crippen LogP) is 3.97. The van der Waals surface area contributed by atoms with E-state index in [0.29, 0.717) is 40.2 Å². The minimum atomic E-state index is -0.747. The molecule has 0 bridgehead atoms. The molecule has 1 aliphatic heterocycles. The Hall–Kier alpha value is -4.00. The molecule has 0 saturated carbocycles. The van der Waals surface area contributed by atoms with Crippen LogP contribution in [0.25, 0.3) is 22.3 Å².